The van der Waals surface area contributed by atoms with E-state index < -0.39 is 17.5 Å². The fourth-order valence-electron chi connectivity index (χ4n) is 2.84. The Morgan fingerprint density at radius 1 is 1.00 bits per heavy atom. The fraction of sp³-hybridized carbons (Fsp3) is 0.333. The van der Waals surface area contributed by atoms with Crippen LogP contribution in [-0.4, -0.2) is 54.3 Å². The molecule has 0 bridgehead atoms. The van der Waals surface area contributed by atoms with E-state index in [1.54, 1.807) is 21.9 Å². The van der Waals surface area contributed by atoms with E-state index >= 15 is 0 Å². The Bertz CT molecular complexity index is 819. The first-order chi connectivity index (χ1) is 13.0. The number of hydrogen-bond donors (Lipinski definition) is 1. The minimum atomic E-state index is -1.55. The summed E-state index contributed by atoms with van der Waals surface area (Å²) in [6.45, 7) is 1.61. The van der Waals surface area contributed by atoms with Crippen LogP contribution in [0.1, 0.15) is 17.0 Å². The molecular weight excluding hydrogens is 363 g/mol. The molecule has 1 saturated heterocycles. The van der Waals surface area contributed by atoms with Crippen LogP contribution in [0.15, 0.2) is 34.9 Å². The lowest BCUT2D eigenvalue weighted by Gasteiger charge is -2.34. The lowest BCUT2D eigenvalue weighted by Crippen LogP contribution is -2.50. The molecule has 2 aromatic rings. The molecule has 1 N–H and O–H groups in total. The van der Waals surface area contributed by atoms with Gasteiger partial charge in [-0.2, -0.15) is 0 Å². The van der Waals surface area contributed by atoms with Crippen molar-refractivity contribution in [2.75, 3.05) is 38.0 Å². The Kier molecular flexibility index (Phi) is 5.68. The minimum absolute atomic E-state index is 0.0601. The second kappa shape index (κ2) is 8.15. The van der Waals surface area contributed by atoms with Gasteiger partial charge in [0.05, 0.1) is 12.0 Å². The highest BCUT2D eigenvalue weighted by molar-refractivity contribution is 5.91. The van der Waals surface area contributed by atoms with Crippen LogP contribution in [-0.2, 0) is 4.79 Å². The summed E-state index contributed by atoms with van der Waals surface area (Å²) >= 11 is 0. The first-order valence-electron chi connectivity index (χ1n) is 8.45. The topological polar surface area (TPSA) is 65.8 Å². The molecule has 9 heteroatoms. The monoisotopic (exact) mass is 381 g/mol. The van der Waals surface area contributed by atoms with Crippen molar-refractivity contribution in [1.29, 1.82) is 0 Å². The van der Waals surface area contributed by atoms with Crippen LogP contribution < -0.4 is 5.32 Å². The van der Waals surface area contributed by atoms with E-state index in [0.717, 1.165) is 12.1 Å². The molecule has 1 fully saturated rings. The van der Waals surface area contributed by atoms with Gasteiger partial charge in [-0.25, -0.2) is 13.2 Å². The Balaban J connectivity index is 1.45. The summed E-state index contributed by atoms with van der Waals surface area (Å²) in [5.74, 6) is -4.27. The van der Waals surface area contributed by atoms with Crippen LogP contribution in [0, 0.1) is 17.5 Å². The molecule has 144 valence electrons. The zero-order valence-electron chi connectivity index (χ0n) is 14.4. The molecule has 0 unspecified atom stereocenters. The van der Waals surface area contributed by atoms with E-state index in [1.807, 2.05) is 0 Å². The van der Waals surface area contributed by atoms with Gasteiger partial charge < -0.3 is 19.5 Å². The van der Waals surface area contributed by atoms with Crippen LogP contribution in [0.2, 0.25) is 0 Å². The summed E-state index contributed by atoms with van der Waals surface area (Å²) in [5, 5.41) is 2.59. The molecule has 0 saturated carbocycles. The summed E-state index contributed by atoms with van der Waals surface area (Å²) in [4.78, 5) is 27.6. The number of hydrogen-bond acceptors (Lipinski definition) is 4. The maximum Gasteiger partial charge on any atom is 0.289 e. The molecule has 1 aromatic heterocycles. The Hall–Kier alpha value is -2.97. The smallest absolute Gasteiger partial charge is 0.289 e. The van der Waals surface area contributed by atoms with Crippen molar-refractivity contribution < 1.29 is 27.2 Å². The molecule has 0 aliphatic carbocycles. The molecule has 1 aliphatic rings. The van der Waals surface area contributed by atoms with Crippen molar-refractivity contribution in [3.05, 3.63) is 53.7 Å². The van der Waals surface area contributed by atoms with E-state index in [1.165, 1.54) is 6.26 Å². The molecule has 27 heavy (non-hydrogen) atoms. The normalized spacial score (nSPS) is 14.3. The summed E-state index contributed by atoms with van der Waals surface area (Å²) in [5.41, 5.74) is -0.199. The van der Waals surface area contributed by atoms with Gasteiger partial charge in [0.1, 0.15) is 0 Å². The molecule has 0 atom stereocenters. The average molecular weight is 381 g/mol. The molecule has 2 amide bonds. The molecule has 1 aliphatic heterocycles. The van der Waals surface area contributed by atoms with Crippen molar-refractivity contribution in [1.82, 2.24) is 9.80 Å². The zero-order valence-corrected chi connectivity index (χ0v) is 14.4. The largest absolute Gasteiger partial charge is 0.459 e. The van der Waals surface area contributed by atoms with Crippen LogP contribution in [0.25, 0.3) is 0 Å². The van der Waals surface area contributed by atoms with Gasteiger partial charge in [0, 0.05) is 39.1 Å². The summed E-state index contributed by atoms with van der Waals surface area (Å²) in [6, 6.07) is 5.12. The van der Waals surface area contributed by atoms with Crippen LogP contribution in [0.4, 0.5) is 18.9 Å². The first kappa shape index (κ1) is 18.8. The molecular formula is C18H18F3N3O3. The lowest BCUT2D eigenvalue weighted by atomic mass is 10.2. The van der Waals surface area contributed by atoms with Gasteiger partial charge in [-0.3, -0.25) is 9.59 Å². The van der Waals surface area contributed by atoms with Crippen molar-refractivity contribution in [2.24, 2.45) is 0 Å². The van der Waals surface area contributed by atoms with Gasteiger partial charge >= 0.3 is 0 Å². The standard InChI is InChI=1S/C18H18F3N3O3/c19-12-3-4-13(17(21)16(12)20)22-6-5-15(25)23-7-9-24(10-8-23)18(26)14-2-1-11-27-14/h1-4,11,22H,5-10H2. The highest BCUT2D eigenvalue weighted by Crippen LogP contribution is 2.19. The minimum Gasteiger partial charge on any atom is -0.459 e. The lowest BCUT2D eigenvalue weighted by molar-refractivity contribution is -0.132. The average Bonchev–Trinajstić information content (AvgIpc) is 3.22. The van der Waals surface area contributed by atoms with Gasteiger partial charge in [0.25, 0.3) is 5.91 Å². The number of anilines is 1. The third-order valence-electron chi connectivity index (χ3n) is 4.34. The molecule has 2 heterocycles. The number of nitrogens with one attached hydrogen (secondary N) is 1. The number of amides is 2. The van der Waals surface area contributed by atoms with Crippen molar-refractivity contribution in [3.63, 3.8) is 0 Å². The van der Waals surface area contributed by atoms with Gasteiger partial charge in [-0.1, -0.05) is 0 Å². The number of benzene rings is 1. The number of carbonyl (C=O) groups excluding carboxylic acids is 2. The number of furan rings is 1. The number of nitrogens with zero attached hydrogens (tertiary/aromatic N) is 2. The predicted molar refractivity (Wildman–Crippen MR) is 90.6 cm³/mol. The molecule has 1 aromatic carbocycles. The van der Waals surface area contributed by atoms with E-state index in [-0.39, 0.29) is 36.2 Å². The van der Waals surface area contributed by atoms with E-state index in [2.05, 4.69) is 5.32 Å². The van der Waals surface area contributed by atoms with Gasteiger partial charge in [0.2, 0.25) is 5.91 Å². The quantitative estimate of drug-likeness (QED) is 0.809. The summed E-state index contributed by atoms with van der Waals surface area (Å²) in [7, 11) is 0. The van der Waals surface area contributed by atoms with Crippen molar-refractivity contribution >= 4 is 17.5 Å². The highest BCUT2D eigenvalue weighted by Gasteiger charge is 2.25. The second-order valence-electron chi connectivity index (χ2n) is 6.05. The van der Waals surface area contributed by atoms with Crippen LogP contribution in [0.3, 0.4) is 0 Å². The van der Waals surface area contributed by atoms with E-state index in [4.69, 9.17) is 4.42 Å². The first-order valence-corrected chi connectivity index (χ1v) is 8.45. The SMILES string of the molecule is O=C(CCNc1ccc(F)c(F)c1F)N1CCN(C(=O)c2ccco2)CC1. The Morgan fingerprint density at radius 2 is 1.70 bits per heavy atom. The highest BCUT2D eigenvalue weighted by atomic mass is 19.2. The molecule has 3 rings (SSSR count). The van der Waals surface area contributed by atoms with Crippen LogP contribution in [0.5, 0.6) is 0 Å². The summed E-state index contributed by atoms with van der Waals surface area (Å²) in [6.07, 6.45) is 1.49. The zero-order chi connectivity index (χ0) is 19.4. The Labute approximate surface area is 153 Å². The predicted octanol–water partition coefficient (Wildman–Crippen LogP) is 2.48. The van der Waals surface area contributed by atoms with E-state index in [9.17, 15) is 22.8 Å². The van der Waals surface area contributed by atoms with Gasteiger partial charge in [-0.15, -0.1) is 0 Å². The number of halogens is 3. The number of piperazine rings is 1. The Morgan fingerprint density at radius 3 is 2.37 bits per heavy atom. The number of rotatable bonds is 5. The third-order valence-corrected chi connectivity index (χ3v) is 4.34. The van der Waals surface area contributed by atoms with Gasteiger partial charge in [-0.05, 0) is 24.3 Å². The molecule has 6 nitrogen and oxygen atoms in total. The van der Waals surface area contributed by atoms with Crippen molar-refractivity contribution in [2.45, 2.75) is 6.42 Å². The summed E-state index contributed by atoms with van der Waals surface area (Å²) < 4.78 is 44.7. The second-order valence-corrected chi connectivity index (χ2v) is 6.05. The van der Waals surface area contributed by atoms with E-state index in [0.29, 0.717) is 26.2 Å². The number of carbonyl (C=O) groups is 2. The fourth-order valence-corrected chi connectivity index (χ4v) is 2.84. The van der Waals surface area contributed by atoms with Crippen molar-refractivity contribution in [3.8, 4) is 0 Å². The third kappa shape index (κ3) is 4.24. The molecule has 0 radical (unpaired) electrons. The van der Waals surface area contributed by atoms with Gasteiger partial charge in [0.15, 0.2) is 23.2 Å². The maximum atomic E-state index is 13.6. The van der Waals surface area contributed by atoms with Crippen LogP contribution >= 0.6 is 0 Å². The maximum absolute atomic E-state index is 13.6. The molecule has 0 spiro atoms.